The summed E-state index contributed by atoms with van der Waals surface area (Å²) in [5.41, 5.74) is 1.09. The average molecular weight is 230 g/mol. The summed E-state index contributed by atoms with van der Waals surface area (Å²) < 4.78 is 5.23. The van der Waals surface area contributed by atoms with Gasteiger partial charge in [0.1, 0.15) is 0 Å². The van der Waals surface area contributed by atoms with Gasteiger partial charge in [-0.3, -0.25) is 0 Å². The summed E-state index contributed by atoms with van der Waals surface area (Å²) in [5, 5.41) is 12.6. The van der Waals surface area contributed by atoms with Crippen molar-refractivity contribution in [1.29, 1.82) is 5.26 Å². The van der Waals surface area contributed by atoms with E-state index in [1.165, 1.54) is 0 Å². The highest BCUT2D eigenvalue weighted by Crippen LogP contribution is 2.23. The second kappa shape index (κ2) is 5.81. The Bertz CT molecular complexity index is 379. The van der Waals surface area contributed by atoms with Crippen molar-refractivity contribution >= 4 is 0 Å². The molecule has 1 unspecified atom stereocenters. The third-order valence-corrected chi connectivity index (χ3v) is 3.40. The normalized spacial score (nSPS) is 24.7. The van der Waals surface area contributed by atoms with Gasteiger partial charge in [0.2, 0.25) is 0 Å². The monoisotopic (exact) mass is 230 g/mol. The van der Waals surface area contributed by atoms with Gasteiger partial charge in [0.05, 0.1) is 18.1 Å². The molecule has 1 aliphatic rings. The van der Waals surface area contributed by atoms with Crippen LogP contribution >= 0.6 is 0 Å². The summed E-state index contributed by atoms with van der Waals surface area (Å²) >= 11 is 0. The Labute approximate surface area is 102 Å². The molecule has 1 fully saturated rings. The molecule has 1 N–H and O–H groups in total. The Morgan fingerprint density at radius 1 is 1.41 bits per heavy atom. The summed E-state index contributed by atoms with van der Waals surface area (Å²) in [6.07, 6.45) is 2.53. The average Bonchev–Trinajstić information content (AvgIpc) is 2.33. The molecule has 1 aliphatic carbocycles. The van der Waals surface area contributed by atoms with Crippen LogP contribution in [-0.4, -0.2) is 25.8 Å². The van der Waals surface area contributed by atoms with Gasteiger partial charge >= 0.3 is 0 Å². The fourth-order valence-corrected chi connectivity index (χ4v) is 2.13. The third-order valence-electron chi connectivity index (χ3n) is 3.40. The Morgan fingerprint density at radius 2 is 2.12 bits per heavy atom. The number of hydrogen-bond donors (Lipinski definition) is 1. The zero-order chi connectivity index (χ0) is 12.1. The number of benzene rings is 1. The van der Waals surface area contributed by atoms with Crippen LogP contribution in [0.3, 0.4) is 0 Å². The van der Waals surface area contributed by atoms with E-state index in [0.717, 1.165) is 24.9 Å². The SMILES string of the molecule is COC1CC(NCC(C#N)c2ccccc2)C1. The number of nitriles is 1. The van der Waals surface area contributed by atoms with Gasteiger partial charge in [0.25, 0.3) is 0 Å². The van der Waals surface area contributed by atoms with Gasteiger partial charge in [-0.25, -0.2) is 0 Å². The van der Waals surface area contributed by atoms with Gasteiger partial charge in [-0.1, -0.05) is 30.3 Å². The summed E-state index contributed by atoms with van der Waals surface area (Å²) in [6, 6.07) is 12.8. The Hall–Kier alpha value is -1.37. The first kappa shape index (κ1) is 12.1. The van der Waals surface area contributed by atoms with Crippen LogP contribution in [0.4, 0.5) is 0 Å². The molecule has 17 heavy (non-hydrogen) atoms. The molecule has 1 atom stereocenters. The Kier molecular flexibility index (Phi) is 4.13. The molecule has 0 saturated heterocycles. The number of methoxy groups -OCH3 is 1. The molecule has 3 heteroatoms. The lowest BCUT2D eigenvalue weighted by molar-refractivity contribution is 0.0175. The first-order valence-corrected chi connectivity index (χ1v) is 6.04. The van der Waals surface area contributed by atoms with E-state index in [1.807, 2.05) is 30.3 Å². The van der Waals surface area contributed by atoms with Crippen LogP contribution in [-0.2, 0) is 4.74 Å². The molecule has 1 aromatic rings. The van der Waals surface area contributed by atoms with Gasteiger partial charge in [0.15, 0.2) is 0 Å². The summed E-state index contributed by atoms with van der Waals surface area (Å²) in [6.45, 7) is 0.724. The molecule has 1 saturated carbocycles. The predicted molar refractivity (Wildman–Crippen MR) is 66.6 cm³/mol. The van der Waals surface area contributed by atoms with Crippen LogP contribution in [0.15, 0.2) is 30.3 Å². The summed E-state index contributed by atoms with van der Waals surface area (Å²) in [4.78, 5) is 0. The first-order valence-electron chi connectivity index (χ1n) is 6.04. The first-order chi connectivity index (χ1) is 8.33. The number of rotatable bonds is 5. The van der Waals surface area contributed by atoms with Crippen LogP contribution < -0.4 is 5.32 Å². The van der Waals surface area contributed by atoms with Crippen molar-refractivity contribution in [1.82, 2.24) is 5.32 Å². The van der Waals surface area contributed by atoms with E-state index in [2.05, 4.69) is 11.4 Å². The maximum atomic E-state index is 9.17. The maximum absolute atomic E-state index is 9.17. The zero-order valence-corrected chi connectivity index (χ0v) is 10.1. The lowest BCUT2D eigenvalue weighted by Gasteiger charge is -2.35. The van der Waals surface area contributed by atoms with Crippen LogP contribution in [0.5, 0.6) is 0 Å². The number of nitrogens with zero attached hydrogens (tertiary/aromatic N) is 1. The predicted octanol–water partition coefficient (Wildman–Crippen LogP) is 2.06. The van der Waals surface area contributed by atoms with Crippen molar-refractivity contribution < 1.29 is 4.74 Å². The molecule has 0 spiro atoms. The van der Waals surface area contributed by atoms with Gasteiger partial charge in [-0.2, -0.15) is 5.26 Å². The topological polar surface area (TPSA) is 45.0 Å². The van der Waals surface area contributed by atoms with Crippen molar-refractivity contribution in [3.05, 3.63) is 35.9 Å². The molecule has 0 radical (unpaired) electrons. The Balaban J connectivity index is 1.80. The molecule has 90 valence electrons. The molecule has 0 aliphatic heterocycles. The fourth-order valence-electron chi connectivity index (χ4n) is 2.13. The van der Waals surface area contributed by atoms with E-state index in [0.29, 0.717) is 12.1 Å². The van der Waals surface area contributed by atoms with E-state index in [9.17, 15) is 0 Å². The molecule has 0 amide bonds. The van der Waals surface area contributed by atoms with E-state index in [1.54, 1.807) is 7.11 Å². The highest BCUT2D eigenvalue weighted by molar-refractivity contribution is 5.25. The minimum absolute atomic E-state index is 0.0576. The van der Waals surface area contributed by atoms with E-state index in [4.69, 9.17) is 10.00 Å². The molecular formula is C14H18N2O. The van der Waals surface area contributed by atoms with Gasteiger partial charge in [-0.05, 0) is 18.4 Å². The van der Waals surface area contributed by atoms with Crippen LogP contribution in [0.2, 0.25) is 0 Å². The van der Waals surface area contributed by atoms with Crippen LogP contribution in [0, 0.1) is 11.3 Å². The number of ether oxygens (including phenoxy) is 1. The quantitative estimate of drug-likeness (QED) is 0.842. The zero-order valence-electron chi connectivity index (χ0n) is 10.1. The minimum Gasteiger partial charge on any atom is -0.381 e. The highest BCUT2D eigenvalue weighted by atomic mass is 16.5. The molecule has 0 aromatic heterocycles. The largest absolute Gasteiger partial charge is 0.381 e. The molecule has 3 nitrogen and oxygen atoms in total. The van der Waals surface area contributed by atoms with E-state index < -0.39 is 0 Å². The van der Waals surface area contributed by atoms with E-state index >= 15 is 0 Å². The van der Waals surface area contributed by atoms with Crippen molar-refractivity contribution in [3.63, 3.8) is 0 Å². The van der Waals surface area contributed by atoms with Crippen molar-refractivity contribution in [2.75, 3.05) is 13.7 Å². The smallest absolute Gasteiger partial charge is 0.0837 e. The maximum Gasteiger partial charge on any atom is 0.0837 e. The van der Waals surface area contributed by atoms with Crippen molar-refractivity contribution in [3.8, 4) is 6.07 Å². The second-order valence-corrected chi connectivity index (χ2v) is 4.53. The van der Waals surface area contributed by atoms with Crippen molar-refractivity contribution in [2.45, 2.75) is 30.9 Å². The summed E-state index contributed by atoms with van der Waals surface area (Å²) in [5.74, 6) is -0.0576. The molecular weight excluding hydrogens is 212 g/mol. The third kappa shape index (κ3) is 3.06. The van der Waals surface area contributed by atoms with E-state index in [-0.39, 0.29) is 5.92 Å². The molecule has 0 heterocycles. The molecule has 0 bridgehead atoms. The number of hydrogen-bond acceptors (Lipinski definition) is 3. The van der Waals surface area contributed by atoms with Crippen LogP contribution in [0.25, 0.3) is 0 Å². The lowest BCUT2D eigenvalue weighted by atomic mass is 9.88. The Morgan fingerprint density at radius 3 is 2.71 bits per heavy atom. The van der Waals surface area contributed by atoms with Gasteiger partial charge < -0.3 is 10.1 Å². The minimum atomic E-state index is -0.0576. The second-order valence-electron chi connectivity index (χ2n) is 4.53. The standard InChI is InChI=1S/C14H18N2O/c1-17-14-7-13(8-14)16-10-12(9-15)11-5-3-2-4-6-11/h2-6,12-14,16H,7-8,10H2,1H3. The van der Waals surface area contributed by atoms with Crippen LogP contribution in [0.1, 0.15) is 24.3 Å². The fraction of sp³-hybridized carbons (Fsp3) is 0.500. The highest BCUT2D eigenvalue weighted by Gasteiger charge is 2.28. The molecule has 1 aromatic carbocycles. The summed E-state index contributed by atoms with van der Waals surface area (Å²) in [7, 11) is 1.75. The van der Waals surface area contributed by atoms with Crippen molar-refractivity contribution in [2.24, 2.45) is 0 Å². The van der Waals surface area contributed by atoms with Gasteiger partial charge in [0, 0.05) is 19.7 Å². The molecule has 2 rings (SSSR count). The number of nitrogens with one attached hydrogen (secondary N) is 1. The lowest BCUT2D eigenvalue weighted by Crippen LogP contribution is -2.46. The van der Waals surface area contributed by atoms with Gasteiger partial charge in [-0.15, -0.1) is 0 Å².